The van der Waals surface area contributed by atoms with Gasteiger partial charge in [0, 0.05) is 23.9 Å². The minimum Gasteiger partial charge on any atom is -0.465 e. The minimum atomic E-state index is -1.04. The number of carbonyl (C=O) groups excluding carboxylic acids is 1. The van der Waals surface area contributed by atoms with E-state index in [9.17, 15) is 9.59 Å². The van der Waals surface area contributed by atoms with E-state index in [2.05, 4.69) is 15.4 Å². The van der Waals surface area contributed by atoms with Crippen molar-refractivity contribution < 1.29 is 14.7 Å². The van der Waals surface area contributed by atoms with E-state index in [1.54, 1.807) is 29.0 Å². The Morgan fingerprint density at radius 3 is 2.66 bits per heavy atom. The number of benzene rings is 2. The maximum Gasteiger partial charge on any atom is 0.404 e. The average molecular weight is 386 g/mol. The first-order valence-corrected chi connectivity index (χ1v) is 9.12. The molecule has 144 valence electrons. The normalized spacial score (nSPS) is 10.8. The van der Waals surface area contributed by atoms with E-state index in [0.717, 1.165) is 16.8 Å². The van der Waals surface area contributed by atoms with Crippen molar-refractivity contribution >= 4 is 17.5 Å². The smallest absolute Gasteiger partial charge is 0.404 e. The van der Waals surface area contributed by atoms with Crippen LogP contribution in [-0.4, -0.2) is 38.1 Å². The molecule has 0 bridgehead atoms. The van der Waals surface area contributed by atoms with Gasteiger partial charge in [0.2, 0.25) is 0 Å². The zero-order valence-electron chi connectivity index (χ0n) is 15.4. The molecule has 0 aliphatic carbocycles. The summed E-state index contributed by atoms with van der Waals surface area (Å²) >= 11 is 0. The van der Waals surface area contributed by atoms with Crippen molar-refractivity contribution in [3.8, 4) is 11.3 Å². The fourth-order valence-corrected chi connectivity index (χ4v) is 3.22. The van der Waals surface area contributed by atoms with E-state index in [4.69, 9.17) is 5.11 Å². The highest BCUT2D eigenvalue weighted by Crippen LogP contribution is 2.23. The Hall–Kier alpha value is -4.00. The predicted octanol–water partition coefficient (Wildman–Crippen LogP) is 3.44. The van der Waals surface area contributed by atoms with Crippen LogP contribution in [0.1, 0.15) is 21.5 Å². The number of carboxylic acid groups (broad SMARTS) is 1. The second kappa shape index (κ2) is 7.93. The van der Waals surface area contributed by atoms with Gasteiger partial charge in [-0.2, -0.15) is 5.10 Å². The number of hydrogen-bond donors (Lipinski definition) is 2. The third-order valence-corrected chi connectivity index (χ3v) is 4.59. The molecule has 2 aromatic heterocycles. The minimum absolute atomic E-state index is 0.126. The van der Waals surface area contributed by atoms with E-state index in [1.165, 1.54) is 0 Å². The highest BCUT2D eigenvalue weighted by molar-refractivity contribution is 6.12. The summed E-state index contributed by atoms with van der Waals surface area (Å²) in [6, 6.07) is 18.7. The first-order valence-electron chi connectivity index (χ1n) is 9.12. The van der Waals surface area contributed by atoms with Crippen LogP contribution in [0.2, 0.25) is 0 Å². The van der Waals surface area contributed by atoms with E-state index < -0.39 is 6.09 Å². The first-order chi connectivity index (χ1) is 14.1. The topological polar surface area (TPSA) is 96.6 Å². The lowest BCUT2D eigenvalue weighted by Gasteiger charge is -2.08. The van der Waals surface area contributed by atoms with Gasteiger partial charge in [0.1, 0.15) is 0 Å². The lowest BCUT2D eigenvalue weighted by atomic mass is 10.0. The van der Waals surface area contributed by atoms with E-state index >= 15 is 0 Å². The van der Waals surface area contributed by atoms with E-state index in [1.807, 2.05) is 48.5 Å². The van der Waals surface area contributed by atoms with Crippen molar-refractivity contribution in [3.63, 3.8) is 0 Å². The largest absolute Gasteiger partial charge is 0.465 e. The maximum absolute atomic E-state index is 12.8. The van der Waals surface area contributed by atoms with Crippen LogP contribution in [0.3, 0.4) is 0 Å². The van der Waals surface area contributed by atoms with Crippen LogP contribution in [0.4, 0.5) is 4.79 Å². The molecule has 2 aromatic carbocycles. The zero-order valence-corrected chi connectivity index (χ0v) is 15.4. The molecule has 29 heavy (non-hydrogen) atoms. The number of hydrogen-bond acceptors (Lipinski definition) is 4. The SMILES string of the molecule is O=C(O)NCCc1cccc(-c2ccnc3c(C(=O)c4ccccc4)cnn23)c1. The van der Waals surface area contributed by atoms with E-state index in [-0.39, 0.29) is 5.78 Å². The molecule has 0 atom stereocenters. The third-order valence-electron chi connectivity index (χ3n) is 4.59. The molecule has 2 heterocycles. The lowest BCUT2D eigenvalue weighted by molar-refractivity contribution is 0.104. The first kappa shape index (κ1) is 18.4. The summed E-state index contributed by atoms with van der Waals surface area (Å²) in [6.45, 7) is 0.335. The number of fused-ring (bicyclic) bond motifs is 1. The van der Waals surface area contributed by atoms with Crippen LogP contribution in [0.25, 0.3) is 16.9 Å². The molecule has 7 heteroatoms. The van der Waals surface area contributed by atoms with Crippen molar-refractivity contribution in [2.45, 2.75) is 6.42 Å². The van der Waals surface area contributed by atoms with Crippen LogP contribution in [0.15, 0.2) is 73.1 Å². The predicted molar refractivity (Wildman–Crippen MR) is 108 cm³/mol. The van der Waals surface area contributed by atoms with Crippen LogP contribution < -0.4 is 5.32 Å². The number of carbonyl (C=O) groups is 2. The molecule has 4 rings (SSSR count). The summed E-state index contributed by atoms with van der Waals surface area (Å²) in [7, 11) is 0. The quantitative estimate of drug-likeness (QED) is 0.495. The molecule has 1 amide bonds. The number of nitrogens with zero attached hydrogens (tertiary/aromatic N) is 3. The van der Waals surface area contributed by atoms with Gasteiger partial charge in [-0.15, -0.1) is 0 Å². The number of nitrogens with one attached hydrogen (secondary N) is 1. The standard InChI is InChI=1S/C22H18N4O3/c27-20(16-6-2-1-3-7-16)18-14-25-26-19(10-12-23-21(18)26)17-8-4-5-15(13-17)9-11-24-22(28)29/h1-8,10,12-14,24H,9,11H2,(H,28,29). The molecule has 0 aliphatic rings. The van der Waals surface area contributed by atoms with Gasteiger partial charge < -0.3 is 10.4 Å². The van der Waals surface area contributed by atoms with Gasteiger partial charge in [-0.1, -0.05) is 48.5 Å². The number of aromatic nitrogens is 3. The Labute approximate surface area is 166 Å². The summed E-state index contributed by atoms with van der Waals surface area (Å²) in [5.74, 6) is -0.126. The van der Waals surface area contributed by atoms with E-state index in [0.29, 0.717) is 29.7 Å². The van der Waals surface area contributed by atoms with Gasteiger partial charge in [-0.3, -0.25) is 4.79 Å². The van der Waals surface area contributed by atoms with Gasteiger partial charge in [-0.25, -0.2) is 14.3 Å². The van der Waals surface area contributed by atoms with Crippen molar-refractivity contribution in [2.75, 3.05) is 6.54 Å². The molecule has 4 aromatic rings. The molecule has 0 saturated heterocycles. The number of ketones is 1. The Kier molecular flexibility index (Phi) is 5.03. The van der Waals surface area contributed by atoms with Gasteiger partial charge >= 0.3 is 6.09 Å². The fourth-order valence-electron chi connectivity index (χ4n) is 3.22. The Balaban J connectivity index is 1.68. The molecule has 0 saturated carbocycles. The van der Waals surface area contributed by atoms with Crippen molar-refractivity contribution in [1.82, 2.24) is 19.9 Å². The van der Waals surface area contributed by atoms with Gasteiger partial charge in [0.05, 0.1) is 17.5 Å². The number of rotatable bonds is 6. The average Bonchev–Trinajstić information content (AvgIpc) is 3.18. The second-order valence-electron chi connectivity index (χ2n) is 6.50. The lowest BCUT2D eigenvalue weighted by Crippen LogP contribution is -2.23. The molecular formula is C22H18N4O3. The zero-order chi connectivity index (χ0) is 20.2. The summed E-state index contributed by atoms with van der Waals surface area (Å²) in [5, 5.41) is 15.5. The summed E-state index contributed by atoms with van der Waals surface area (Å²) < 4.78 is 1.66. The fraction of sp³-hybridized carbons (Fsp3) is 0.0909. The summed E-state index contributed by atoms with van der Waals surface area (Å²) in [5.41, 5.74) is 4.23. The molecule has 0 aliphatic heterocycles. The maximum atomic E-state index is 12.8. The van der Waals surface area contributed by atoms with Crippen molar-refractivity contribution in [1.29, 1.82) is 0 Å². The second-order valence-corrected chi connectivity index (χ2v) is 6.50. The highest BCUT2D eigenvalue weighted by Gasteiger charge is 2.17. The molecule has 0 fully saturated rings. The van der Waals surface area contributed by atoms with Gasteiger partial charge in [0.15, 0.2) is 11.4 Å². The van der Waals surface area contributed by atoms with Crippen LogP contribution >= 0.6 is 0 Å². The molecule has 0 spiro atoms. The Bertz CT molecular complexity index is 1190. The van der Waals surface area contributed by atoms with Crippen molar-refractivity contribution in [3.05, 3.63) is 89.7 Å². The number of amides is 1. The summed E-state index contributed by atoms with van der Waals surface area (Å²) in [6.07, 6.45) is 2.74. The molecule has 0 radical (unpaired) electrons. The molecule has 7 nitrogen and oxygen atoms in total. The van der Waals surface area contributed by atoms with Crippen LogP contribution in [-0.2, 0) is 6.42 Å². The monoisotopic (exact) mass is 386 g/mol. The molecule has 2 N–H and O–H groups in total. The Morgan fingerprint density at radius 1 is 1.03 bits per heavy atom. The molecule has 0 unspecified atom stereocenters. The highest BCUT2D eigenvalue weighted by atomic mass is 16.4. The van der Waals surface area contributed by atoms with Crippen LogP contribution in [0.5, 0.6) is 0 Å². The van der Waals surface area contributed by atoms with Crippen LogP contribution in [0, 0.1) is 0 Å². The van der Waals surface area contributed by atoms with Gasteiger partial charge in [-0.05, 0) is 24.1 Å². The third kappa shape index (κ3) is 3.84. The van der Waals surface area contributed by atoms with Gasteiger partial charge in [0.25, 0.3) is 0 Å². The summed E-state index contributed by atoms with van der Waals surface area (Å²) in [4.78, 5) is 27.8. The molecular weight excluding hydrogens is 368 g/mol. The Morgan fingerprint density at radius 2 is 1.86 bits per heavy atom. The van der Waals surface area contributed by atoms with Crippen molar-refractivity contribution in [2.24, 2.45) is 0 Å².